The van der Waals surface area contributed by atoms with Crippen LogP contribution in [0.3, 0.4) is 0 Å². The van der Waals surface area contributed by atoms with Crippen LogP contribution in [0.4, 0.5) is 5.82 Å². The lowest BCUT2D eigenvalue weighted by molar-refractivity contribution is -0.118. The molecule has 0 radical (unpaired) electrons. The predicted octanol–water partition coefficient (Wildman–Crippen LogP) is 5.63. The van der Waals surface area contributed by atoms with Crippen LogP contribution in [0.25, 0.3) is 0 Å². The molecule has 0 saturated heterocycles. The van der Waals surface area contributed by atoms with E-state index in [1.807, 2.05) is 24.3 Å². The minimum Gasteiger partial charge on any atom is -0.343 e. The number of benzene rings is 1. The fourth-order valence-electron chi connectivity index (χ4n) is 4.29. The van der Waals surface area contributed by atoms with Gasteiger partial charge in [-0.3, -0.25) is 9.59 Å². The molecule has 2 aromatic rings. The van der Waals surface area contributed by atoms with Gasteiger partial charge in [-0.05, 0) is 36.0 Å². The number of ketones is 1. The number of carbonyl (C=O) groups excluding carboxylic acids is 1. The van der Waals surface area contributed by atoms with E-state index < -0.39 is 5.92 Å². The monoisotopic (exact) mass is 487 g/mol. The number of aromatic nitrogens is 2. The van der Waals surface area contributed by atoms with Crippen molar-refractivity contribution in [2.24, 2.45) is 5.41 Å². The molecular weight excluding hydrogens is 462 g/mol. The minimum absolute atomic E-state index is 0.102. The summed E-state index contributed by atoms with van der Waals surface area (Å²) >= 11 is 5.10. The van der Waals surface area contributed by atoms with E-state index in [0.717, 1.165) is 40.7 Å². The molecule has 0 bridgehead atoms. The molecule has 1 aromatic heterocycles. The summed E-state index contributed by atoms with van der Waals surface area (Å²) in [4.78, 5) is 34.1. The van der Waals surface area contributed by atoms with Crippen LogP contribution in [-0.4, -0.2) is 21.5 Å². The highest BCUT2D eigenvalue weighted by Crippen LogP contribution is 2.47. The number of carbonyl (C=O) groups is 1. The number of unbranched alkanes of at least 4 members (excludes halogenated alkanes) is 1. The summed E-state index contributed by atoms with van der Waals surface area (Å²) in [6.07, 6.45) is 3.39. The van der Waals surface area contributed by atoms with Gasteiger partial charge in [0, 0.05) is 33.8 Å². The van der Waals surface area contributed by atoms with Gasteiger partial charge in [0.2, 0.25) is 0 Å². The molecule has 2 aliphatic rings. The second-order valence-corrected chi connectivity index (χ2v) is 10.8. The van der Waals surface area contributed by atoms with Gasteiger partial charge in [0.1, 0.15) is 5.82 Å². The summed E-state index contributed by atoms with van der Waals surface area (Å²) in [6, 6.07) is 7.85. The van der Waals surface area contributed by atoms with E-state index in [0.29, 0.717) is 28.5 Å². The molecule has 0 saturated carbocycles. The van der Waals surface area contributed by atoms with Crippen LogP contribution in [-0.2, 0) is 4.79 Å². The fourth-order valence-corrected chi connectivity index (χ4v) is 5.66. The molecule has 0 spiro atoms. The number of hydrogen-bond donors (Lipinski definition) is 2. The zero-order valence-electron chi connectivity index (χ0n) is 17.5. The van der Waals surface area contributed by atoms with E-state index in [9.17, 15) is 9.59 Å². The van der Waals surface area contributed by atoms with Gasteiger partial charge in [0.25, 0.3) is 5.56 Å². The molecule has 158 valence electrons. The zero-order valence-corrected chi connectivity index (χ0v) is 19.9. The lowest BCUT2D eigenvalue weighted by Crippen LogP contribution is -2.37. The predicted molar refractivity (Wildman–Crippen MR) is 125 cm³/mol. The maximum absolute atomic E-state index is 13.2. The molecule has 0 amide bonds. The molecule has 1 aliphatic carbocycles. The van der Waals surface area contributed by atoms with Gasteiger partial charge in [0.05, 0.1) is 5.56 Å². The first-order valence-electron chi connectivity index (χ1n) is 10.3. The first kappa shape index (κ1) is 21.4. The second kappa shape index (κ2) is 8.35. The Labute approximate surface area is 189 Å². The van der Waals surface area contributed by atoms with E-state index in [2.05, 4.69) is 47.0 Å². The zero-order chi connectivity index (χ0) is 21.5. The largest absolute Gasteiger partial charge is 0.343 e. The lowest BCUT2D eigenvalue weighted by Gasteiger charge is -2.38. The number of nitrogens with one attached hydrogen (secondary N) is 2. The third-order valence-corrected chi connectivity index (χ3v) is 7.07. The molecule has 1 aliphatic heterocycles. The molecule has 0 fully saturated rings. The summed E-state index contributed by atoms with van der Waals surface area (Å²) in [5.74, 6) is 1.17. The Bertz CT molecular complexity index is 1090. The highest BCUT2D eigenvalue weighted by atomic mass is 79.9. The number of fused-ring (bicyclic) bond motifs is 1. The van der Waals surface area contributed by atoms with E-state index in [4.69, 9.17) is 4.98 Å². The molecule has 1 aromatic carbocycles. The van der Waals surface area contributed by atoms with Crippen molar-refractivity contribution in [2.45, 2.75) is 57.5 Å². The molecule has 5 nitrogen and oxygen atoms in total. The number of H-pyrrole nitrogens is 1. The summed E-state index contributed by atoms with van der Waals surface area (Å²) in [5.41, 5.74) is 2.75. The highest BCUT2D eigenvalue weighted by Gasteiger charge is 2.42. The van der Waals surface area contributed by atoms with Crippen LogP contribution in [0.2, 0.25) is 0 Å². The molecule has 1 atom stereocenters. The number of hydrogen-bond acceptors (Lipinski definition) is 5. The summed E-state index contributed by atoms with van der Waals surface area (Å²) < 4.78 is 0.918. The Balaban J connectivity index is 1.87. The highest BCUT2D eigenvalue weighted by molar-refractivity contribution is 9.10. The number of nitrogens with zero attached hydrogens (tertiary/aromatic N) is 1. The third-order valence-electron chi connectivity index (χ3n) is 5.62. The summed E-state index contributed by atoms with van der Waals surface area (Å²) in [5, 5.41) is 4.00. The van der Waals surface area contributed by atoms with E-state index in [1.54, 1.807) is 11.8 Å². The van der Waals surface area contributed by atoms with Crippen molar-refractivity contribution in [2.75, 3.05) is 11.1 Å². The number of allylic oxidation sites excluding steroid dienone is 2. The Morgan fingerprint density at radius 3 is 2.80 bits per heavy atom. The van der Waals surface area contributed by atoms with Crippen LogP contribution in [0.15, 0.2) is 50.0 Å². The third kappa shape index (κ3) is 4.14. The van der Waals surface area contributed by atoms with E-state index in [1.165, 1.54) is 0 Å². The van der Waals surface area contributed by atoms with E-state index >= 15 is 0 Å². The van der Waals surface area contributed by atoms with Gasteiger partial charge >= 0.3 is 0 Å². The lowest BCUT2D eigenvalue weighted by atomic mass is 9.69. The van der Waals surface area contributed by atoms with Crippen LogP contribution < -0.4 is 10.9 Å². The standard InChI is InChI=1S/C23H26BrN3O2S/c1-4-5-9-30-22-26-20-19(21(29)27-22)17(13-7-6-8-14(24)10-13)18-15(25-20)11-23(2,3)12-16(18)28/h6-8,10,17H,4-5,9,11-12H2,1-3H3,(H2,25,26,27,29). The maximum atomic E-state index is 13.2. The van der Waals surface area contributed by atoms with Crippen molar-refractivity contribution in [3.05, 3.63) is 61.5 Å². The van der Waals surface area contributed by atoms with Gasteiger partial charge in [-0.1, -0.05) is 67.0 Å². The SMILES string of the molecule is CCCCSc1nc2c(c(=O)[nH]1)C(c1cccc(Br)c1)C1=C(CC(C)(C)CC1=O)N2. The van der Waals surface area contributed by atoms with Gasteiger partial charge in [-0.15, -0.1) is 0 Å². The van der Waals surface area contributed by atoms with Crippen molar-refractivity contribution in [3.8, 4) is 0 Å². The number of aromatic amines is 1. The molecule has 1 unspecified atom stereocenters. The van der Waals surface area contributed by atoms with Gasteiger partial charge in [-0.2, -0.15) is 0 Å². The van der Waals surface area contributed by atoms with Crippen molar-refractivity contribution >= 4 is 39.3 Å². The molecule has 30 heavy (non-hydrogen) atoms. The first-order valence-corrected chi connectivity index (χ1v) is 12.1. The summed E-state index contributed by atoms with van der Waals surface area (Å²) in [6.45, 7) is 6.36. The van der Waals surface area contributed by atoms with Gasteiger partial charge in [-0.25, -0.2) is 4.98 Å². The number of Topliss-reactive ketones (excluding diaryl/α,β-unsaturated/α-hetero) is 1. The van der Waals surface area contributed by atoms with Gasteiger partial charge < -0.3 is 10.3 Å². The van der Waals surface area contributed by atoms with Crippen molar-refractivity contribution in [1.29, 1.82) is 0 Å². The molecule has 2 heterocycles. The second-order valence-electron chi connectivity index (χ2n) is 8.78. The Morgan fingerprint density at radius 1 is 1.27 bits per heavy atom. The van der Waals surface area contributed by atoms with Crippen LogP contribution in [0.1, 0.15) is 63.5 Å². The first-order chi connectivity index (χ1) is 14.3. The quantitative estimate of drug-likeness (QED) is 0.324. The Hall–Kier alpha value is -1.86. The number of anilines is 1. The smallest absolute Gasteiger partial charge is 0.257 e. The van der Waals surface area contributed by atoms with Crippen molar-refractivity contribution in [1.82, 2.24) is 9.97 Å². The molecule has 7 heteroatoms. The average molecular weight is 488 g/mol. The van der Waals surface area contributed by atoms with Gasteiger partial charge in [0.15, 0.2) is 10.9 Å². The number of rotatable bonds is 5. The topological polar surface area (TPSA) is 74.8 Å². The molecule has 2 N–H and O–H groups in total. The van der Waals surface area contributed by atoms with Crippen molar-refractivity contribution in [3.63, 3.8) is 0 Å². The Morgan fingerprint density at radius 2 is 2.07 bits per heavy atom. The molecule has 4 rings (SSSR count). The van der Waals surface area contributed by atoms with Crippen molar-refractivity contribution < 1.29 is 4.79 Å². The van der Waals surface area contributed by atoms with Crippen LogP contribution in [0, 0.1) is 5.41 Å². The number of thioether (sulfide) groups is 1. The average Bonchev–Trinajstić information content (AvgIpc) is 2.65. The maximum Gasteiger partial charge on any atom is 0.257 e. The minimum atomic E-state index is -0.414. The van der Waals surface area contributed by atoms with Crippen LogP contribution in [0.5, 0.6) is 0 Å². The number of halogens is 1. The van der Waals surface area contributed by atoms with Crippen LogP contribution >= 0.6 is 27.7 Å². The molecular formula is C23H26BrN3O2S. The normalized spacial score (nSPS) is 19.9. The van der Waals surface area contributed by atoms with E-state index in [-0.39, 0.29) is 16.8 Å². The Kier molecular flexibility index (Phi) is 5.95. The summed E-state index contributed by atoms with van der Waals surface area (Å²) in [7, 11) is 0. The fraction of sp³-hybridized carbons (Fsp3) is 0.435.